The van der Waals surface area contributed by atoms with Gasteiger partial charge in [-0.2, -0.15) is 4.31 Å². The van der Waals surface area contributed by atoms with E-state index >= 15 is 0 Å². The number of hydrogen-bond donors (Lipinski definition) is 2. The quantitative estimate of drug-likeness (QED) is 0.400. The molecule has 10 nitrogen and oxygen atoms in total. The van der Waals surface area contributed by atoms with Crippen molar-refractivity contribution in [1.29, 1.82) is 0 Å². The van der Waals surface area contributed by atoms with Gasteiger partial charge in [0.2, 0.25) is 15.2 Å². The lowest BCUT2D eigenvalue weighted by molar-refractivity contribution is 0.102. The van der Waals surface area contributed by atoms with Gasteiger partial charge >= 0.3 is 0 Å². The number of hydrogen-bond acceptors (Lipinski definition) is 8. The van der Waals surface area contributed by atoms with Crippen LogP contribution < -0.4 is 10.0 Å². The molecule has 0 spiro atoms. The number of nitrogens with one attached hydrogen (secondary N) is 2. The van der Waals surface area contributed by atoms with E-state index in [1.165, 1.54) is 52.8 Å². The van der Waals surface area contributed by atoms with Crippen molar-refractivity contribution in [2.45, 2.75) is 61.3 Å². The molecule has 1 aliphatic carbocycles. The molecule has 2 aromatic carbocycles. The molecule has 4 rings (SSSR count). The highest BCUT2D eigenvalue weighted by Gasteiger charge is 2.29. The predicted molar refractivity (Wildman–Crippen MR) is 143 cm³/mol. The first-order valence-corrected chi connectivity index (χ1v) is 15.7. The van der Waals surface area contributed by atoms with Crippen molar-refractivity contribution < 1.29 is 21.6 Å². The fourth-order valence-corrected chi connectivity index (χ4v) is 7.44. The molecule has 37 heavy (non-hydrogen) atoms. The van der Waals surface area contributed by atoms with Crippen LogP contribution in [0.4, 0.5) is 10.8 Å². The largest absolute Gasteiger partial charge is 0.322 e. The van der Waals surface area contributed by atoms with E-state index in [4.69, 9.17) is 0 Å². The molecule has 1 saturated carbocycles. The van der Waals surface area contributed by atoms with Gasteiger partial charge in [-0.3, -0.25) is 9.52 Å². The maximum atomic E-state index is 13.0. The number of sulfonamides is 2. The lowest BCUT2D eigenvalue weighted by atomic mass is 9.96. The zero-order valence-corrected chi connectivity index (χ0v) is 23.0. The van der Waals surface area contributed by atoms with Crippen molar-refractivity contribution in [1.82, 2.24) is 14.5 Å². The molecule has 1 aromatic heterocycles. The second-order valence-corrected chi connectivity index (χ2v) is 13.5. The van der Waals surface area contributed by atoms with E-state index in [1.807, 2.05) is 6.92 Å². The summed E-state index contributed by atoms with van der Waals surface area (Å²) < 4.78 is 55.1. The minimum atomic E-state index is -3.86. The minimum Gasteiger partial charge on any atom is -0.322 e. The topological polar surface area (TPSA) is 138 Å². The van der Waals surface area contributed by atoms with Crippen molar-refractivity contribution in [3.63, 3.8) is 0 Å². The number of carbonyl (C=O) groups is 1. The average molecular weight is 564 g/mol. The van der Waals surface area contributed by atoms with Crippen LogP contribution >= 0.6 is 11.3 Å². The van der Waals surface area contributed by atoms with Gasteiger partial charge in [-0.1, -0.05) is 37.5 Å². The highest BCUT2D eigenvalue weighted by Crippen LogP contribution is 2.27. The van der Waals surface area contributed by atoms with Crippen molar-refractivity contribution in [2.24, 2.45) is 0 Å². The molecule has 0 bridgehead atoms. The molecule has 1 amide bonds. The first kappa shape index (κ1) is 27.2. The maximum Gasteiger partial charge on any atom is 0.263 e. The molecule has 1 fully saturated rings. The summed E-state index contributed by atoms with van der Waals surface area (Å²) >= 11 is 1.16. The number of nitrogens with zero attached hydrogens (tertiary/aromatic N) is 3. The summed E-state index contributed by atoms with van der Waals surface area (Å²) in [5.41, 5.74) is 0.669. The molecule has 1 heterocycles. The summed E-state index contributed by atoms with van der Waals surface area (Å²) in [6.07, 6.45) is 5.55. The van der Waals surface area contributed by atoms with Crippen molar-refractivity contribution in [3.05, 3.63) is 59.1 Å². The normalized spacial score (nSPS) is 15.0. The molecule has 2 N–H and O–H groups in total. The van der Waals surface area contributed by atoms with E-state index in [1.54, 1.807) is 7.05 Å². The molecule has 1 aliphatic rings. The summed E-state index contributed by atoms with van der Waals surface area (Å²) in [4.78, 5) is 12.8. The lowest BCUT2D eigenvalue weighted by Gasteiger charge is -2.30. The van der Waals surface area contributed by atoms with Gasteiger partial charge in [0.25, 0.3) is 15.9 Å². The van der Waals surface area contributed by atoms with Gasteiger partial charge in [-0.25, -0.2) is 16.8 Å². The molecule has 13 heteroatoms. The molecule has 0 atom stereocenters. The molecular formula is C24H29N5O5S3. The number of anilines is 2. The van der Waals surface area contributed by atoms with Crippen LogP contribution in [0.25, 0.3) is 0 Å². The van der Waals surface area contributed by atoms with Crippen LogP contribution in [0.15, 0.2) is 58.3 Å². The summed E-state index contributed by atoms with van der Waals surface area (Å²) in [5, 5.41) is 11.3. The fraction of sp³-hybridized carbons (Fsp3) is 0.375. The number of benzene rings is 2. The summed E-state index contributed by atoms with van der Waals surface area (Å²) in [7, 11) is -5.89. The van der Waals surface area contributed by atoms with Crippen LogP contribution in [-0.2, 0) is 26.5 Å². The third kappa shape index (κ3) is 6.35. The van der Waals surface area contributed by atoms with Crippen LogP contribution in [0, 0.1) is 0 Å². The van der Waals surface area contributed by atoms with E-state index in [0.29, 0.717) is 12.1 Å². The number of aromatic nitrogens is 2. The number of rotatable bonds is 9. The van der Waals surface area contributed by atoms with Crippen molar-refractivity contribution in [3.8, 4) is 0 Å². The van der Waals surface area contributed by atoms with Crippen molar-refractivity contribution in [2.75, 3.05) is 17.1 Å². The second-order valence-electron chi connectivity index (χ2n) is 8.78. The monoisotopic (exact) mass is 563 g/mol. The Kier molecular flexibility index (Phi) is 8.26. The molecule has 0 unspecified atom stereocenters. The SMILES string of the molecule is CCc1nnc(NS(=O)(=O)c2ccc(NC(=O)c3ccc(S(=O)(=O)N(C)C4CCCCC4)cc3)cc2)s1. The van der Waals surface area contributed by atoms with Gasteiger partial charge in [0.1, 0.15) is 5.01 Å². The smallest absolute Gasteiger partial charge is 0.263 e. The summed E-state index contributed by atoms with van der Waals surface area (Å²) in [6.45, 7) is 1.90. The zero-order valence-electron chi connectivity index (χ0n) is 20.5. The Bertz CT molecular complexity index is 1450. The minimum absolute atomic E-state index is 0.00392. The van der Waals surface area contributed by atoms with Crippen molar-refractivity contribution >= 4 is 48.1 Å². The van der Waals surface area contributed by atoms with Crippen LogP contribution in [0.5, 0.6) is 0 Å². The molecular weight excluding hydrogens is 534 g/mol. The highest BCUT2D eigenvalue weighted by molar-refractivity contribution is 7.93. The summed E-state index contributed by atoms with van der Waals surface area (Å²) in [6, 6.07) is 11.5. The number of aryl methyl sites for hydroxylation is 1. The van der Waals surface area contributed by atoms with Gasteiger partial charge < -0.3 is 5.32 Å². The van der Waals surface area contributed by atoms with E-state index in [9.17, 15) is 21.6 Å². The van der Waals surface area contributed by atoms with E-state index < -0.39 is 26.0 Å². The second kappa shape index (κ2) is 11.3. The molecule has 0 saturated heterocycles. The molecule has 0 radical (unpaired) electrons. The third-order valence-corrected chi connectivity index (χ3v) is 10.7. The zero-order chi connectivity index (χ0) is 26.6. The summed E-state index contributed by atoms with van der Waals surface area (Å²) in [5.74, 6) is -0.445. The first-order valence-electron chi connectivity index (χ1n) is 11.9. The van der Waals surface area contributed by atoms with Crippen LogP contribution in [0.3, 0.4) is 0 Å². The number of amides is 1. The molecule has 0 aliphatic heterocycles. The Balaban J connectivity index is 1.40. The van der Waals surface area contributed by atoms with Crippen LogP contribution in [0.1, 0.15) is 54.4 Å². The number of carbonyl (C=O) groups excluding carboxylic acids is 1. The Labute approximate surface area is 221 Å². The first-order chi connectivity index (χ1) is 17.6. The van der Waals surface area contributed by atoms with Gasteiger partial charge in [-0.05, 0) is 67.8 Å². The molecule has 198 valence electrons. The van der Waals surface area contributed by atoms with Gasteiger partial charge in [-0.15, -0.1) is 10.2 Å². The van der Waals surface area contributed by atoms with E-state index in [0.717, 1.165) is 48.4 Å². The van der Waals surface area contributed by atoms with Gasteiger partial charge in [0.15, 0.2) is 0 Å². The van der Waals surface area contributed by atoms with Crippen LogP contribution in [-0.4, -0.2) is 50.3 Å². The standard InChI is InChI=1S/C24H29N5O5S3/c1-3-22-26-27-24(35-22)28-36(31,32)20-15-11-18(12-16-20)25-23(30)17-9-13-21(14-10-17)37(33,34)29(2)19-7-5-4-6-8-19/h9-16,19H,3-8H2,1-2H3,(H,25,30)(H,27,28). The Morgan fingerprint density at radius 1 is 0.946 bits per heavy atom. The third-order valence-electron chi connectivity index (χ3n) is 6.30. The van der Waals surface area contributed by atoms with E-state index in [2.05, 4.69) is 20.2 Å². The Morgan fingerprint density at radius 2 is 1.57 bits per heavy atom. The van der Waals surface area contributed by atoms with E-state index in [-0.39, 0.29) is 26.5 Å². The lowest BCUT2D eigenvalue weighted by Crippen LogP contribution is -2.38. The van der Waals surface area contributed by atoms with Crippen LogP contribution in [0.2, 0.25) is 0 Å². The maximum absolute atomic E-state index is 13.0. The highest BCUT2D eigenvalue weighted by atomic mass is 32.2. The average Bonchev–Trinajstić information content (AvgIpc) is 3.36. The molecule has 3 aromatic rings. The van der Waals surface area contributed by atoms with Gasteiger partial charge in [0.05, 0.1) is 9.79 Å². The van der Waals surface area contributed by atoms with Gasteiger partial charge in [0, 0.05) is 24.3 Å². The predicted octanol–water partition coefficient (Wildman–Crippen LogP) is 4.11. The Hall–Kier alpha value is -2.87. The fourth-order valence-electron chi connectivity index (χ4n) is 4.12. The Morgan fingerprint density at radius 3 is 2.16 bits per heavy atom.